The Balaban J connectivity index is 1.33. The van der Waals surface area contributed by atoms with Crippen LogP contribution in [-0.4, -0.2) is 13.0 Å². The summed E-state index contributed by atoms with van der Waals surface area (Å²) in [5.41, 5.74) is 12.2. The smallest absolute Gasteiger partial charge is 0.200 e. The van der Waals surface area contributed by atoms with Gasteiger partial charge in [0.2, 0.25) is 5.96 Å². The number of guanidine groups is 1. The maximum absolute atomic E-state index is 6.38. The predicted octanol–water partition coefficient (Wildman–Crippen LogP) is 5.60. The van der Waals surface area contributed by atoms with Crippen molar-refractivity contribution >= 4 is 28.1 Å². The summed E-state index contributed by atoms with van der Waals surface area (Å²) < 4.78 is 5.88. The van der Waals surface area contributed by atoms with E-state index in [-0.39, 0.29) is 0 Å². The second kappa shape index (κ2) is 8.15. The molecule has 1 aliphatic carbocycles. The van der Waals surface area contributed by atoms with E-state index in [1.807, 2.05) is 54.4 Å². The van der Waals surface area contributed by atoms with E-state index in [9.17, 15) is 0 Å². The lowest BCUT2D eigenvalue weighted by atomic mass is 10.0. The highest BCUT2D eigenvalue weighted by Gasteiger charge is 2.18. The van der Waals surface area contributed by atoms with Crippen molar-refractivity contribution in [1.29, 1.82) is 0 Å². The molecule has 5 rings (SSSR count). The zero-order valence-electron chi connectivity index (χ0n) is 17.6. The number of hydrogen-bond donors (Lipinski definition) is 1. The van der Waals surface area contributed by atoms with Gasteiger partial charge in [0.15, 0.2) is 0 Å². The number of aryl methyl sites for hydroxylation is 2. The van der Waals surface area contributed by atoms with Gasteiger partial charge in [-0.15, -0.1) is 0 Å². The van der Waals surface area contributed by atoms with E-state index in [1.54, 1.807) is 0 Å². The fourth-order valence-electron chi connectivity index (χ4n) is 4.19. The molecule has 0 heterocycles. The van der Waals surface area contributed by atoms with Gasteiger partial charge < -0.3 is 15.4 Å². The molecular formula is C27H25N3O. The molecule has 4 aromatic carbocycles. The van der Waals surface area contributed by atoms with Crippen LogP contribution >= 0.6 is 0 Å². The standard InChI is InChI=1S/C27H25N3O/c1-30(22-12-14-23(15-13-22)31-18-19-6-3-2-4-7-19)27(28)29-25-17-11-21-9-5-8-20-10-16-24(25)26(20)21/h2-9,11-15,17H,10,16,18H2,1H3,(H2,28,29). The molecule has 0 aromatic heterocycles. The van der Waals surface area contributed by atoms with Gasteiger partial charge in [-0.2, -0.15) is 0 Å². The Hall–Kier alpha value is -3.79. The minimum atomic E-state index is 0.470. The van der Waals surface area contributed by atoms with Gasteiger partial charge in [0.1, 0.15) is 12.4 Å². The van der Waals surface area contributed by atoms with Crippen molar-refractivity contribution in [2.24, 2.45) is 10.7 Å². The SMILES string of the molecule is CN(C(N)=Nc1ccc2cccc3c2c1CC3)c1ccc(OCc2ccccc2)cc1. The van der Waals surface area contributed by atoms with Crippen molar-refractivity contribution < 1.29 is 4.74 Å². The molecule has 154 valence electrons. The topological polar surface area (TPSA) is 50.8 Å². The lowest BCUT2D eigenvalue weighted by molar-refractivity contribution is 0.306. The van der Waals surface area contributed by atoms with Crippen LogP contribution in [0, 0.1) is 0 Å². The molecule has 0 unspecified atom stereocenters. The molecule has 0 fully saturated rings. The predicted molar refractivity (Wildman–Crippen MR) is 128 cm³/mol. The first-order valence-corrected chi connectivity index (χ1v) is 10.6. The first-order valence-electron chi connectivity index (χ1n) is 10.6. The van der Waals surface area contributed by atoms with Crippen LogP contribution in [0.15, 0.2) is 89.9 Å². The van der Waals surface area contributed by atoms with Crippen LogP contribution in [0.2, 0.25) is 0 Å². The van der Waals surface area contributed by atoms with Crippen LogP contribution < -0.4 is 15.4 Å². The van der Waals surface area contributed by atoms with E-state index in [0.29, 0.717) is 12.6 Å². The molecule has 0 bridgehead atoms. The van der Waals surface area contributed by atoms with Gasteiger partial charge in [-0.3, -0.25) is 0 Å². The molecule has 31 heavy (non-hydrogen) atoms. The highest BCUT2D eigenvalue weighted by molar-refractivity contribution is 5.99. The maximum atomic E-state index is 6.38. The molecule has 4 aromatic rings. The molecule has 1 aliphatic rings. The number of aliphatic imine (C=N–C) groups is 1. The summed E-state index contributed by atoms with van der Waals surface area (Å²) >= 11 is 0. The summed E-state index contributed by atoms with van der Waals surface area (Å²) in [4.78, 5) is 6.68. The molecular weight excluding hydrogens is 382 g/mol. The minimum Gasteiger partial charge on any atom is -0.489 e. The van der Waals surface area contributed by atoms with Gasteiger partial charge >= 0.3 is 0 Å². The molecule has 4 nitrogen and oxygen atoms in total. The van der Waals surface area contributed by atoms with Gasteiger partial charge in [0.05, 0.1) is 5.69 Å². The molecule has 0 aliphatic heterocycles. The summed E-state index contributed by atoms with van der Waals surface area (Å²) in [6.07, 6.45) is 2.08. The highest BCUT2D eigenvalue weighted by Crippen LogP contribution is 2.37. The first kappa shape index (κ1) is 19.2. The molecule has 0 saturated heterocycles. The van der Waals surface area contributed by atoms with Crippen molar-refractivity contribution in [3.05, 3.63) is 102 Å². The van der Waals surface area contributed by atoms with E-state index < -0.39 is 0 Å². The first-order chi connectivity index (χ1) is 15.2. The van der Waals surface area contributed by atoms with Crippen LogP contribution in [0.3, 0.4) is 0 Å². The number of hydrogen-bond acceptors (Lipinski definition) is 2. The minimum absolute atomic E-state index is 0.470. The molecule has 0 saturated carbocycles. The van der Waals surface area contributed by atoms with Crippen LogP contribution in [0.1, 0.15) is 16.7 Å². The van der Waals surface area contributed by atoms with Gasteiger partial charge in [-0.25, -0.2) is 4.99 Å². The van der Waals surface area contributed by atoms with Crippen molar-refractivity contribution in [3.8, 4) is 5.75 Å². The lowest BCUT2D eigenvalue weighted by Crippen LogP contribution is -2.33. The van der Waals surface area contributed by atoms with Crippen LogP contribution in [0.25, 0.3) is 10.8 Å². The van der Waals surface area contributed by atoms with Gasteiger partial charge in [0, 0.05) is 12.7 Å². The Morgan fingerprint density at radius 2 is 1.71 bits per heavy atom. The van der Waals surface area contributed by atoms with E-state index in [1.165, 1.54) is 21.9 Å². The lowest BCUT2D eigenvalue weighted by Gasteiger charge is -2.19. The second-order valence-corrected chi connectivity index (χ2v) is 7.88. The fraction of sp³-hybridized carbons (Fsp3) is 0.148. The van der Waals surface area contributed by atoms with E-state index in [4.69, 9.17) is 15.5 Å². The number of nitrogens with two attached hydrogens (primary N) is 1. The average molecular weight is 408 g/mol. The molecule has 2 N–H and O–H groups in total. The van der Waals surface area contributed by atoms with Crippen molar-refractivity contribution in [1.82, 2.24) is 0 Å². The third-order valence-electron chi connectivity index (χ3n) is 5.91. The number of rotatable bonds is 5. The van der Waals surface area contributed by atoms with Gasteiger partial charge in [0.25, 0.3) is 0 Å². The second-order valence-electron chi connectivity index (χ2n) is 7.88. The van der Waals surface area contributed by atoms with Gasteiger partial charge in [-0.1, -0.05) is 54.6 Å². The largest absolute Gasteiger partial charge is 0.489 e. The highest BCUT2D eigenvalue weighted by atomic mass is 16.5. The Morgan fingerprint density at radius 3 is 2.52 bits per heavy atom. The summed E-state index contributed by atoms with van der Waals surface area (Å²) in [6, 6.07) is 28.8. The van der Waals surface area contributed by atoms with Crippen LogP contribution in [0.5, 0.6) is 5.75 Å². The third-order valence-corrected chi connectivity index (χ3v) is 5.91. The Bertz CT molecular complexity index is 1250. The molecule has 0 amide bonds. The van der Waals surface area contributed by atoms with Crippen molar-refractivity contribution in [2.75, 3.05) is 11.9 Å². The summed E-state index contributed by atoms with van der Waals surface area (Å²) in [5.74, 6) is 1.30. The quantitative estimate of drug-likeness (QED) is 0.346. The molecule has 4 heteroatoms. The number of ether oxygens (including phenoxy) is 1. The third kappa shape index (κ3) is 3.84. The summed E-state index contributed by atoms with van der Waals surface area (Å²) in [7, 11) is 1.93. The number of nitrogens with zero attached hydrogens (tertiary/aromatic N) is 2. The average Bonchev–Trinajstić information content (AvgIpc) is 3.26. The van der Waals surface area contributed by atoms with Crippen LogP contribution in [-0.2, 0) is 19.4 Å². The van der Waals surface area contributed by atoms with E-state index in [2.05, 4.69) is 42.5 Å². The van der Waals surface area contributed by atoms with Crippen molar-refractivity contribution in [3.63, 3.8) is 0 Å². The Kier molecular flexibility index (Phi) is 5.04. The van der Waals surface area contributed by atoms with Crippen molar-refractivity contribution in [2.45, 2.75) is 19.4 Å². The van der Waals surface area contributed by atoms with E-state index >= 15 is 0 Å². The maximum Gasteiger partial charge on any atom is 0.200 e. The Labute approximate surface area is 182 Å². The Morgan fingerprint density at radius 1 is 0.903 bits per heavy atom. The normalized spacial score (nSPS) is 12.9. The van der Waals surface area contributed by atoms with E-state index in [0.717, 1.165) is 35.5 Å². The molecule has 0 spiro atoms. The zero-order chi connectivity index (χ0) is 21.2. The number of benzene rings is 4. The molecule has 0 atom stereocenters. The fourth-order valence-corrected chi connectivity index (χ4v) is 4.19. The number of anilines is 1. The van der Waals surface area contributed by atoms with Gasteiger partial charge in [-0.05, 0) is 70.6 Å². The zero-order valence-corrected chi connectivity index (χ0v) is 17.6. The van der Waals surface area contributed by atoms with Crippen LogP contribution in [0.4, 0.5) is 11.4 Å². The summed E-state index contributed by atoms with van der Waals surface area (Å²) in [6.45, 7) is 0.548. The summed E-state index contributed by atoms with van der Waals surface area (Å²) in [5, 5.41) is 2.63. The monoisotopic (exact) mass is 407 g/mol. The molecule has 0 radical (unpaired) electrons.